The zero-order valence-electron chi connectivity index (χ0n) is 7.18. The van der Waals surface area contributed by atoms with Gasteiger partial charge in [-0.1, -0.05) is 25.4 Å². The Balaban J connectivity index is 3.16. The maximum atomic E-state index is 5.01. The molecule has 60 valence electrons. The van der Waals surface area contributed by atoms with Gasteiger partial charge in [-0.25, -0.2) is 0 Å². The fraction of sp³-hybridized carbons (Fsp3) is 0.875. The van der Waals surface area contributed by atoms with Crippen LogP contribution in [0.3, 0.4) is 0 Å². The van der Waals surface area contributed by atoms with E-state index in [1.807, 2.05) is 6.92 Å². The highest BCUT2D eigenvalue weighted by Gasteiger charge is 1.85. The summed E-state index contributed by atoms with van der Waals surface area (Å²) >= 11 is 0. The van der Waals surface area contributed by atoms with Crippen LogP contribution in [0, 0.1) is 0 Å². The molecule has 0 N–H and O–H groups in total. The van der Waals surface area contributed by atoms with Crippen LogP contribution in [0.1, 0.15) is 40.0 Å². The van der Waals surface area contributed by atoms with E-state index in [1.54, 1.807) is 0 Å². The molecule has 0 atom stereocenters. The molecule has 0 fully saturated rings. The fourth-order valence-electron chi connectivity index (χ4n) is 0.429. The van der Waals surface area contributed by atoms with Crippen LogP contribution in [0.25, 0.3) is 0 Å². The number of rotatable bonds is 5. The zero-order valence-corrected chi connectivity index (χ0v) is 7.18. The monoisotopic (exact) mass is 143 g/mol. The Hall–Kier alpha value is -0.530. The summed E-state index contributed by atoms with van der Waals surface area (Å²) in [5.41, 5.74) is 1.07. The van der Waals surface area contributed by atoms with Crippen molar-refractivity contribution in [2.45, 2.75) is 40.0 Å². The summed E-state index contributed by atoms with van der Waals surface area (Å²) in [5.74, 6) is 0. The van der Waals surface area contributed by atoms with Crippen molar-refractivity contribution in [2.75, 3.05) is 6.61 Å². The van der Waals surface area contributed by atoms with Gasteiger partial charge in [0.1, 0.15) is 6.61 Å². The first-order chi connectivity index (χ1) is 4.81. The van der Waals surface area contributed by atoms with Crippen LogP contribution in [-0.2, 0) is 4.84 Å². The Morgan fingerprint density at radius 2 is 2.10 bits per heavy atom. The lowest BCUT2D eigenvalue weighted by Gasteiger charge is -1.97. The summed E-state index contributed by atoms with van der Waals surface area (Å²) in [6.45, 7) is 6.95. The van der Waals surface area contributed by atoms with Crippen LogP contribution < -0.4 is 0 Å². The maximum absolute atomic E-state index is 5.01. The van der Waals surface area contributed by atoms with Gasteiger partial charge >= 0.3 is 0 Å². The van der Waals surface area contributed by atoms with Crippen molar-refractivity contribution in [1.82, 2.24) is 0 Å². The van der Waals surface area contributed by atoms with Crippen LogP contribution in [0.15, 0.2) is 5.16 Å². The first kappa shape index (κ1) is 9.47. The van der Waals surface area contributed by atoms with Gasteiger partial charge in [-0.05, 0) is 19.8 Å². The van der Waals surface area contributed by atoms with E-state index in [0.29, 0.717) is 0 Å². The van der Waals surface area contributed by atoms with Crippen LogP contribution in [0.5, 0.6) is 0 Å². The molecule has 0 spiro atoms. The number of nitrogens with zero attached hydrogens (tertiary/aromatic N) is 1. The van der Waals surface area contributed by atoms with Gasteiger partial charge in [-0.3, -0.25) is 0 Å². The maximum Gasteiger partial charge on any atom is 0.117 e. The average molecular weight is 143 g/mol. The molecular formula is C8H17NO. The molecule has 2 nitrogen and oxygen atoms in total. The number of oxime groups is 1. The molecule has 10 heavy (non-hydrogen) atoms. The molecule has 0 aromatic rings. The van der Waals surface area contributed by atoms with E-state index in [1.165, 1.54) is 6.42 Å². The minimum atomic E-state index is 0.758. The average Bonchev–Trinajstić information content (AvgIpc) is 1.98. The molecule has 0 aliphatic carbocycles. The molecule has 0 radical (unpaired) electrons. The second-order valence-electron chi connectivity index (χ2n) is 2.37. The van der Waals surface area contributed by atoms with Crippen LogP contribution in [0.4, 0.5) is 0 Å². The minimum absolute atomic E-state index is 0.758. The lowest BCUT2D eigenvalue weighted by molar-refractivity contribution is 0.140. The molecule has 0 aromatic heterocycles. The lowest BCUT2D eigenvalue weighted by atomic mass is 10.3. The molecule has 0 bridgehead atoms. The highest BCUT2D eigenvalue weighted by molar-refractivity contribution is 5.80. The fourth-order valence-corrected chi connectivity index (χ4v) is 0.429. The third-order valence-corrected chi connectivity index (χ3v) is 1.32. The normalized spacial score (nSPS) is 11.7. The van der Waals surface area contributed by atoms with E-state index < -0.39 is 0 Å². The number of hydrogen-bond donors (Lipinski definition) is 0. The van der Waals surface area contributed by atoms with Crippen molar-refractivity contribution >= 4 is 5.71 Å². The molecule has 0 aliphatic rings. The Morgan fingerprint density at radius 3 is 2.60 bits per heavy atom. The standard InChI is InChI=1S/C8H17NO/c1-4-6-7-10-9-8(3)5-2/h4-7H2,1-3H3. The summed E-state index contributed by atoms with van der Waals surface area (Å²) in [7, 11) is 0. The van der Waals surface area contributed by atoms with Crippen LogP contribution in [0.2, 0.25) is 0 Å². The highest BCUT2D eigenvalue weighted by Crippen LogP contribution is 1.90. The second-order valence-corrected chi connectivity index (χ2v) is 2.37. The van der Waals surface area contributed by atoms with Gasteiger partial charge in [0.25, 0.3) is 0 Å². The molecule has 0 saturated carbocycles. The molecule has 0 amide bonds. The van der Waals surface area contributed by atoms with E-state index in [0.717, 1.165) is 25.2 Å². The molecule has 0 rings (SSSR count). The highest BCUT2D eigenvalue weighted by atomic mass is 16.6. The van der Waals surface area contributed by atoms with Gasteiger partial charge in [-0.2, -0.15) is 0 Å². The quantitative estimate of drug-likeness (QED) is 0.329. The van der Waals surface area contributed by atoms with E-state index in [9.17, 15) is 0 Å². The summed E-state index contributed by atoms with van der Waals surface area (Å²) in [5, 5.41) is 3.90. The van der Waals surface area contributed by atoms with Gasteiger partial charge in [0.15, 0.2) is 0 Å². The Bertz CT molecular complexity index is 99.4. The van der Waals surface area contributed by atoms with Crippen LogP contribution in [-0.4, -0.2) is 12.3 Å². The lowest BCUT2D eigenvalue weighted by Crippen LogP contribution is -1.92. The van der Waals surface area contributed by atoms with E-state index >= 15 is 0 Å². The molecule has 0 heterocycles. The third-order valence-electron chi connectivity index (χ3n) is 1.32. The van der Waals surface area contributed by atoms with Gasteiger partial charge in [0.2, 0.25) is 0 Å². The first-order valence-electron chi connectivity index (χ1n) is 3.96. The molecule has 2 heteroatoms. The minimum Gasteiger partial charge on any atom is -0.396 e. The smallest absolute Gasteiger partial charge is 0.117 e. The predicted octanol–water partition coefficient (Wildman–Crippen LogP) is 2.59. The van der Waals surface area contributed by atoms with Gasteiger partial charge < -0.3 is 4.84 Å². The Kier molecular flexibility index (Phi) is 6.24. The van der Waals surface area contributed by atoms with Crippen LogP contribution >= 0.6 is 0 Å². The van der Waals surface area contributed by atoms with E-state index in [4.69, 9.17) is 4.84 Å². The Labute approximate surface area is 63.3 Å². The van der Waals surface area contributed by atoms with Crippen molar-refractivity contribution < 1.29 is 4.84 Å². The first-order valence-corrected chi connectivity index (χ1v) is 3.96. The SMILES string of the molecule is CCCCON=C(C)CC. The van der Waals surface area contributed by atoms with Gasteiger partial charge in [0.05, 0.1) is 5.71 Å². The molecular weight excluding hydrogens is 126 g/mol. The molecule has 0 saturated heterocycles. The molecule has 0 aliphatic heterocycles. The number of unbranched alkanes of at least 4 members (excludes halogenated alkanes) is 1. The largest absolute Gasteiger partial charge is 0.396 e. The second kappa shape index (κ2) is 6.59. The Morgan fingerprint density at radius 1 is 1.40 bits per heavy atom. The van der Waals surface area contributed by atoms with Crippen molar-refractivity contribution in [2.24, 2.45) is 5.16 Å². The van der Waals surface area contributed by atoms with Crippen molar-refractivity contribution in [1.29, 1.82) is 0 Å². The summed E-state index contributed by atoms with van der Waals surface area (Å²) in [6.07, 6.45) is 3.24. The van der Waals surface area contributed by atoms with Crippen molar-refractivity contribution in [3.8, 4) is 0 Å². The third kappa shape index (κ3) is 5.60. The molecule has 0 unspecified atom stereocenters. The summed E-state index contributed by atoms with van der Waals surface area (Å²) in [4.78, 5) is 5.01. The van der Waals surface area contributed by atoms with E-state index in [2.05, 4.69) is 19.0 Å². The van der Waals surface area contributed by atoms with Crippen molar-refractivity contribution in [3.63, 3.8) is 0 Å². The zero-order chi connectivity index (χ0) is 7.82. The predicted molar refractivity (Wildman–Crippen MR) is 44.3 cm³/mol. The summed E-state index contributed by atoms with van der Waals surface area (Å²) in [6, 6.07) is 0. The van der Waals surface area contributed by atoms with Gasteiger partial charge in [0, 0.05) is 0 Å². The number of hydrogen-bond acceptors (Lipinski definition) is 2. The molecule has 0 aromatic carbocycles. The van der Waals surface area contributed by atoms with E-state index in [-0.39, 0.29) is 0 Å². The summed E-state index contributed by atoms with van der Waals surface area (Å²) < 4.78 is 0. The van der Waals surface area contributed by atoms with Crippen molar-refractivity contribution in [3.05, 3.63) is 0 Å². The van der Waals surface area contributed by atoms with Gasteiger partial charge in [-0.15, -0.1) is 0 Å². The topological polar surface area (TPSA) is 21.6 Å².